The molecule has 11 heteroatoms. The Morgan fingerprint density at radius 1 is 1.26 bits per heavy atom. The number of urea groups is 1. The third-order valence-corrected chi connectivity index (χ3v) is 5.22. The maximum atomic E-state index is 13.0. The zero-order valence-electron chi connectivity index (χ0n) is 16.2. The van der Waals surface area contributed by atoms with Crippen molar-refractivity contribution in [3.63, 3.8) is 0 Å². The fourth-order valence-corrected chi connectivity index (χ4v) is 3.71. The molecular formula is C20H17F3N6O2. The van der Waals surface area contributed by atoms with Gasteiger partial charge in [-0.15, -0.1) is 0 Å². The quantitative estimate of drug-likeness (QED) is 0.745. The van der Waals surface area contributed by atoms with Crippen LogP contribution in [-0.2, 0) is 0 Å². The zero-order valence-corrected chi connectivity index (χ0v) is 16.2. The third kappa shape index (κ3) is 4.28. The first kappa shape index (κ1) is 20.6. The number of fused-ring (bicyclic) bond motifs is 4. The zero-order chi connectivity index (χ0) is 22.2. The van der Waals surface area contributed by atoms with E-state index in [4.69, 9.17) is 5.26 Å². The average Bonchev–Trinajstić information content (AvgIpc) is 3.16. The number of halogens is 3. The van der Waals surface area contributed by atoms with Gasteiger partial charge in [-0.2, -0.15) is 18.4 Å². The number of ketones is 1. The van der Waals surface area contributed by atoms with Crippen molar-refractivity contribution in [1.29, 1.82) is 5.26 Å². The largest absolute Gasteiger partial charge is 0.389 e. The summed E-state index contributed by atoms with van der Waals surface area (Å²) in [7, 11) is 0. The molecule has 0 saturated carbocycles. The highest BCUT2D eigenvalue weighted by atomic mass is 19.4. The number of Topliss-reactive ketones (excluding diaryl/α,β-unsaturated/α-hetero) is 1. The number of pyridine rings is 2. The second-order valence-corrected chi connectivity index (χ2v) is 7.31. The summed E-state index contributed by atoms with van der Waals surface area (Å²) >= 11 is 0. The lowest BCUT2D eigenvalue weighted by molar-refractivity contribution is -0.133. The minimum absolute atomic E-state index is 0.111. The highest BCUT2D eigenvalue weighted by molar-refractivity contribution is 6.05. The fraction of sp³-hybridized carbons (Fsp3) is 0.350. The molecule has 8 nitrogen and oxygen atoms in total. The molecule has 0 radical (unpaired) electrons. The van der Waals surface area contributed by atoms with Gasteiger partial charge in [-0.05, 0) is 30.7 Å². The molecular weight excluding hydrogens is 413 g/mol. The highest BCUT2D eigenvalue weighted by Crippen LogP contribution is 2.39. The van der Waals surface area contributed by atoms with E-state index < -0.39 is 30.8 Å². The third-order valence-electron chi connectivity index (χ3n) is 5.22. The Kier molecular flexibility index (Phi) is 5.22. The van der Waals surface area contributed by atoms with Gasteiger partial charge in [0.2, 0.25) is 0 Å². The monoisotopic (exact) mass is 430 g/mol. The molecule has 1 saturated heterocycles. The van der Waals surface area contributed by atoms with Crippen molar-refractivity contribution in [2.45, 2.75) is 31.5 Å². The van der Waals surface area contributed by atoms with Gasteiger partial charge in [0.05, 0.1) is 23.7 Å². The van der Waals surface area contributed by atoms with Crippen molar-refractivity contribution in [3.8, 4) is 6.07 Å². The average molecular weight is 430 g/mol. The molecule has 0 aliphatic carbocycles. The summed E-state index contributed by atoms with van der Waals surface area (Å²) < 4.78 is 37.4. The first-order chi connectivity index (χ1) is 14.7. The molecule has 2 bridgehead atoms. The fourth-order valence-electron chi connectivity index (χ4n) is 3.71. The van der Waals surface area contributed by atoms with Gasteiger partial charge in [0.25, 0.3) is 0 Å². The van der Waals surface area contributed by atoms with Crippen molar-refractivity contribution < 1.29 is 22.8 Å². The summed E-state index contributed by atoms with van der Waals surface area (Å²) in [6.07, 6.45) is -4.36. The Balaban J connectivity index is 1.60. The number of nitrogens with zero attached hydrogens (tertiary/aromatic N) is 5. The van der Waals surface area contributed by atoms with Crippen molar-refractivity contribution in [1.82, 2.24) is 9.97 Å². The van der Waals surface area contributed by atoms with Crippen LogP contribution in [0, 0.1) is 11.3 Å². The SMILES string of the molecule is N#Cc1ccc(NC(=O)N2c3nc(C(=O)CCC(F)(F)F)ccc3N3CC[C@H]2C3)nc1. The normalized spacial score (nSPS) is 17.2. The van der Waals surface area contributed by atoms with Crippen LogP contribution in [0.5, 0.6) is 0 Å². The number of hydrogen-bond acceptors (Lipinski definition) is 6. The van der Waals surface area contributed by atoms with Crippen LogP contribution in [0.3, 0.4) is 0 Å². The molecule has 4 heterocycles. The molecule has 1 N–H and O–H groups in total. The lowest BCUT2D eigenvalue weighted by atomic mass is 10.1. The number of hydrogen-bond donors (Lipinski definition) is 1. The summed E-state index contributed by atoms with van der Waals surface area (Å²) in [6.45, 7) is 1.28. The van der Waals surface area contributed by atoms with Crippen LogP contribution in [0.15, 0.2) is 30.5 Å². The van der Waals surface area contributed by atoms with E-state index in [1.165, 1.54) is 29.3 Å². The maximum Gasteiger partial charge on any atom is 0.389 e. The number of carbonyl (C=O) groups excluding carboxylic acids is 2. The first-order valence-corrected chi connectivity index (χ1v) is 9.57. The van der Waals surface area contributed by atoms with Gasteiger partial charge < -0.3 is 4.90 Å². The van der Waals surface area contributed by atoms with Crippen molar-refractivity contribution in [2.24, 2.45) is 0 Å². The first-order valence-electron chi connectivity index (χ1n) is 9.57. The van der Waals surface area contributed by atoms with Gasteiger partial charge in [-0.25, -0.2) is 14.8 Å². The standard InChI is InChI=1S/C20H17F3N6O2/c21-20(22,23)7-5-16(30)14-2-3-15-18(26-14)29(13-6-8-28(15)11-13)19(31)27-17-4-1-12(9-24)10-25-17/h1-4,10,13H,5-8,11H2,(H,25,27,31)/t13-/m0/s1. The van der Waals surface area contributed by atoms with Gasteiger partial charge in [0, 0.05) is 25.7 Å². The predicted octanol–water partition coefficient (Wildman–Crippen LogP) is 3.50. The Labute approximate surface area is 175 Å². The van der Waals surface area contributed by atoms with Crippen LogP contribution in [0.4, 0.5) is 35.3 Å². The van der Waals surface area contributed by atoms with Crippen LogP contribution >= 0.6 is 0 Å². The van der Waals surface area contributed by atoms with Crippen LogP contribution < -0.4 is 15.1 Å². The van der Waals surface area contributed by atoms with Crippen molar-refractivity contribution >= 4 is 29.1 Å². The Morgan fingerprint density at radius 3 is 2.74 bits per heavy atom. The second kappa shape index (κ2) is 7.86. The van der Waals surface area contributed by atoms with Gasteiger partial charge in [-0.1, -0.05) is 0 Å². The number of nitrogens with one attached hydrogen (secondary N) is 1. The van der Waals surface area contributed by atoms with E-state index in [0.717, 1.165) is 0 Å². The van der Waals surface area contributed by atoms with Crippen LogP contribution in [0.25, 0.3) is 0 Å². The molecule has 31 heavy (non-hydrogen) atoms. The maximum absolute atomic E-state index is 13.0. The van der Waals surface area contributed by atoms with Crippen LogP contribution in [-0.4, -0.2) is 47.1 Å². The van der Waals surface area contributed by atoms with E-state index in [1.807, 2.05) is 11.0 Å². The van der Waals surface area contributed by atoms with E-state index in [0.29, 0.717) is 30.8 Å². The lowest BCUT2D eigenvalue weighted by Crippen LogP contribution is -2.48. The summed E-state index contributed by atoms with van der Waals surface area (Å²) in [5, 5.41) is 11.5. The number of aromatic nitrogens is 2. The van der Waals surface area contributed by atoms with Gasteiger partial charge in [0.1, 0.15) is 17.6 Å². The smallest absolute Gasteiger partial charge is 0.366 e. The second-order valence-electron chi connectivity index (χ2n) is 7.31. The molecule has 0 unspecified atom stereocenters. The summed E-state index contributed by atoms with van der Waals surface area (Å²) in [5.41, 5.74) is 0.875. The number of amides is 2. The van der Waals surface area contributed by atoms with E-state index in [2.05, 4.69) is 15.3 Å². The predicted molar refractivity (Wildman–Crippen MR) is 105 cm³/mol. The highest BCUT2D eigenvalue weighted by Gasteiger charge is 2.40. The van der Waals surface area contributed by atoms with E-state index in [-0.39, 0.29) is 23.4 Å². The minimum Gasteiger partial charge on any atom is -0.366 e. The number of carbonyl (C=O) groups is 2. The Morgan fingerprint density at radius 2 is 2.06 bits per heavy atom. The molecule has 0 aromatic carbocycles. The summed E-state index contributed by atoms with van der Waals surface area (Å²) in [5.74, 6) is -0.261. The molecule has 2 aliphatic rings. The Hall–Kier alpha value is -3.68. The van der Waals surface area contributed by atoms with E-state index >= 15 is 0 Å². The molecule has 1 fully saturated rings. The molecule has 1 atom stereocenters. The topological polar surface area (TPSA) is 102 Å². The molecule has 160 valence electrons. The van der Waals surface area contributed by atoms with Crippen LogP contribution in [0.2, 0.25) is 0 Å². The molecule has 2 aromatic rings. The van der Waals surface area contributed by atoms with E-state index in [1.54, 1.807) is 6.07 Å². The van der Waals surface area contributed by atoms with Crippen molar-refractivity contribution in [3.05, 3.63) is 41.7 Å². The van der Waals surface area contributed by atoms with Gasteiger partial charge in [0.15, 0.2) is 11.6 Å². The molecule has 2 amide bonds. The number of alkyl halides is 3. The van der Waals surface area contributed by atoms with Crippen molar-refractivity contribution in [2.75, 3.05) is 28.2 Å². The summed E-state index contributed by atoms with van der Waals surface area (Å²) in [4.78, 5) is 37.0. The number of anilines is 3. The molecule has 2 aromatic heterocycles. The number of rotatable bonds is 4. The molecule has 2 aliphatic heterocycles. The lowest BCUT2D eigenvalue weighted by Gasteiger charge is -2.35. The molecule has 0 spiro atoms. The van der Waals surface area contributed by atoms with E-state index in [9.17, 15) is 22.8 Å². The number of nitriles is 1. The minimum atomic E-state index is -4.44. The van der Waals surface area contributed by atoms with Gasteiger partial charge >= 0.3 is 12.2 Å². The van der Waals surface area contributed by atoms with Gasteiger partial charge in [-0.3, -0.25) is 15.0 Å². The van der Waals surface area contributed by atoms with Crippen LogP contribution in [0.1, 0.15) is 35.3 Å². The summed E-state index contributed by atoms with van der Waals surface area (Å²) in [6, 6.07) is 7.25. The Bertz CT molecular complexity index is 1060. The molecule has 4 rings (SSSR count).